The molecule has 0 fully saturated rings. The van der Waals surface area contributed by atoms with Crippen molar-refractivity contribution in [2.75, 3.05) is 0 Å². The van der Waals surface area contributed by atoms with Crippen LogP contribution in [-0.2, 0) is 17.3 Å². The number of benzene rings is 1. The second-order valence-corrected chi connectivity index (χ2v) is 7.36. The van der Waals surface area contributed by atoms with Gasteiger partial charge in [-0.2, -0.15) is 0 Å². The first kappa shape index (κ1) is 15.3. The number of rotatable bonds is 5. The molecule has 0 spiro atoms. The maximum Gasteiger partial charge on any atom is 0.0776 e. The normalized spacial score (nSPS) is 12.7. The minimum absolute atomic E-state index is 0.768. The van der Waals surface area contributed by atoms with Crippen molar-refractivity contribution in [3.05, 3.63) is 69.4 Å². The van der Waals surface area contributed by atoms with Gasteiger partial charge in [-0.3, -0.25) is 0 Å². The summed E-state index contributed by atoms with van der Waals surface area (Å²) in [5.74, 6) is 0. The standard InChI is InChI=1S/C16H16INOS/c1-13-5-7-16(8-6-13)20(19)11-9-15-4-3-10-18(15)12-14(2)17/h3-11H,2,12H2,1H3/b11-9+. The van der Waals surface area contributed by atoms with Crippen LogP contribution >= 0.6 is 22.6 Å². The first-order chi connectivity index (χ1) is 9.56. The first-order valence-corrected chi connectivity index (χ1v) is 8.49. The van der Waals surface area contributed by atoms with E-state index in [0.717, 1.165) is 20.7 Å². The molecule has 2 aromatic rings. The van der Waals surface area contributed by atoms with Gasteiger partial charge in [0.25, 0.3) is 0 Å². The molecular weight excluding hydrogens is 381 g/mol. The molecular formula is C16H16INOS. The van der Waals surface area contributed by atoms with Gasteiger partial charge in [0.2, 0.25) is 0 Å². The van der Waals surface area contributed by atoms with Gasteiger partial charge >= 0.3 is 0 Å². The maximum absolute atomic E-state index is 12.2. The number of allylic oxidation sites excluding steroid dienone is 1. The molecule has 0 aliphatic rings. The highest BCUT2D eigenvalue weighted by Crippen LogP contribution is 2.14. The summed E-state index contributed by atoms with van der Waals surface area (Å²) in [6.45, 7) is 6.69. The highest BCUT2D eigenvalue weighted by atomic mass is 127. The van der Waals surface area contributed by atoms with Crippen molar-refractivity contribution < 1.29 is 4.21 Å². The van der Waals surface area contributed by atoms with Crippen LogP contribution < -0.4 is 0 Å². The summed E-state index contributed by atoms with van der Waals surface area (Å²) >= 11 is 2.21. The Bertz CT molecular complexity index is 655. The van der Waals surface area contributed by atoms with Crippen LogP contribution in [0, 0.1) is 6.92 Å². The van der Waals surface area contributed by atoms with E-state index >= 15 is 0 Å². The quantitative estimate of drug-likeness (QED) is 0.680. The average molecular weight is 397 g/mol. The van der Waals surface area contributed by atoms with Crippen LogP contribution in [0.25, 0.3) is 6.08 Å². The van der Waals surface area contributed by atoms with Gasteiger partial charge in [0, 0.05) is 25.8 Å². The van der Waals surface area contributed by atoms with Crippen molar-refractivity contribution in [1.82, 2.24) is 4.57 Å². The zero-order valence-electron chi connectivity index (χ0n) is 11.3. The average Bonchev–Trinajstić information content (AvgIpc) is 2.83. The molecule has 1 atom stereocenters. The van der Waals surface area contributed by atoms with Gasteiger partial charge in [-0.15, -0.1) is 0 Å². The minimum Gasteiger partial charge on any atom is -0.343 e. The van der Waals surface area contributed by atoms with Crippen LogP contribution in [0.4, 0.5) is 0 Å². The summed E-state index contributed by atoms with van der Waals surface area (Å²) in [6, 6.07) is 11.7. The lowest BCUT2D eigenvalue weighted by Crippen LogP contribution is -1.97. The molecule has 0 aliphatic carbocycles. The maximum atomic E-state index is 12.2. The number of halogens is 1. The van der Waals surface area contributed by atoms with Crippen LogP contribution in [0.2, 0.25) is 0 Å². The topological polar surface area (TPSA) is 22.0 Å². The third-order valence-electron chi connectivity index (χ3n) is 2.82. The van der Waals surface area contributed by atoms with Gasteiger partial charge in [-0.1, -0.05) is 24.3 Å². The van der Waals surface area contributed by atoms with E-state index in [1.807, 2.05) is 55.6 Å². The molecule has 0 N–H and O–H groups in total. The van der Waals surface area contributed by atoms with Crippen LogP contribution in [0.3, 0.4) is 0 Å². The Morgan fingerprint density at radius 3 is 2.70 bits per heavy atom. The zero-order chi connectivity index (χ0) is 14.5. The number of nitrogens with zero attached hydrogens (tertiary/aromatic N) is 1. The smallest absolute Gasteiger partial charge is 0.0776 e. The largest absolute Gasteiger partial charge is 0.343 e. The van der Waals surface area contributed by atoms with Gasteiger partial charge in [-0.05, 0) is 59.9 Å². The van der Waals surface area contributed by atoms with Gasteiger partial charge in [0.05, 0.1) is 17.3 Å². The molecule has 2 rings (SSSR count). The lowest BCUT2D eigenvalue weighted by molar-refractivity contribution is 0.688. The highest BCUT2D eigenvalue weighted by molar-refractivity contribution is 14.1. The summed E-state index contributed by atoms with van der Waals surface area (Å²) in [5, 5.41) is 1.73. The van der Waals surface area contributed by atoms with Crippen LogP contribution in [0.5, 0.6) is 0 Å². The fourth-order valence-corrected chi connectivity index (χ4v) is 2.98. The van der Waals surface area contributed by atoms with Crippen molar-refractivity contribution in [2.45, 2.75) is 18.4 Å². The molecule has 2 nitrogen and oxygen atoms in total. The fraction of sp³-hybridized carbons (Fsp3) is 0.125. The Labute approximate surface area is 135 Å². The first-order valence-electron chi connectivity index (χ1n) is 6.20. The predicted molar refractivity (Wildman–Crippen MR) is 94.2 cm³/mol. The van der Waals surface area contributed by atoms with Crippen molar-refractivity contribution in [3.63, 3.8) is 0 Å². The molecule has 4 heteroatoms. The Morgan fingerprint density at radius 2 is 2.05 bits per heavy atom. The van der Waals surface area contributed by atoms with Gasteiger partial charge in [0.1, 0.15) is 0 Å². The number of hydrogen-bond donors (Lipinski definition) is 0. The number of hydrogen-bond acceptors (Lipinski definition) is 1. The molecule has 104 valence electrons. The van der Waals surface area contributed by atoms with E-state index in [-0.39, 0.29) is 0 Å². The van der Waals surface area contributed by atoms with Gasteiger partial charge < -0.3 is 4.57 Å². The zero-order valence-corrected chi connectivity index (χ0v) is 14.2. The second kappa shape index (κ2) is 7.04. The van der Waals surface area contributed by atoms with E-state index < -0.39 is 10.8 Å². The van der Waals surface area contributed by atoms with Crippen molar-refractivity contribution >= 4 is 39.5 Å². The SMILES string of the molecule is C=C(I)Cn1cccc1/C=C/S(=O)c1ccc(C)cc1. The molecule has 0 aliphatic heterocycles. The molecule has 0 saturated carbocycles. The monoisotopic (exact) mass is 397 g/mol. The molecule has 0 radical (unpaired) electrons. The third-order valence-corrected chi connectivity index (χ3v) is 4.28. The molecule has 20 heavy (non-hydrogen) atoms. The Morgan fingerprint density at radius 1 is 1.35 bits per heavy atom. The van der Waals surface area contributed by atoms with E-state index in [0.29, 0.717) is 0 Å². The van der Waals surface area contributed by atoms with E-state index in [2.05, 4.69) is 33.7 Å². The minimum atomic E-state index is -1.12. The lowest BCUT2D eigenvalue weighted by atomic mass is 10.2. The molecule has 1 unspecified atom stereocenters. The van der Waals surface area contributed by atoms with Crippen molar-refractivity contribution in [2.24, 2.45) is 0 Å². The van der Waals surface area contributed by atoms with Crippen molar-refractivity contribution in [1.29, 1.82) is 0 Å². The van der Waals surface area contributed by atoms with Crippen LogP contribution in [-0.4, -0.2) is 8.78 Å². The summed E-state index contributed by atoms with van der Waals surface area (Å²) in [5.41, 5.74) is 2.20. The van der Waals surface area contributed by atoms with Crippen molar-refractivity contribution in [3.8, 4) is 0 Å². The number of aryl methyl sites for hydroxylation is 1. The molecule has 1 aromatic carbocycles. The van der Waals surface area contributed by atoms with Crippen LogP contribution in [0.15, 0.2) is 63.1 Å². The molecule has 1 heterocycles. The lowest BCUT2D eigenvalue weighted by Gasteiger charge is -2.04. The molecule has 0 saturated heterocycles. The van der Waals surface area contributed by atoms with Gasteiger partial charge in [0.15, 0.2) is 0 Å². The summed E-state index contributed by atoms with van der Waals surface area (Å²) in [7, 11) is -1.12. The Balaban J connectivity index is 2.13. The fourth-order valence-electron chi connectivity index (χ4n) is 1.79. The Hall–Kier alpha value is -1.14. The van der Waals surface area contributed by atoms with E-state index in [1.54, 1.807) is 5.41 Å². The Kier molecular flexibility index (Phi) is 5.37. The molecule has 1 aromatic heterocycles. The van der Waals surface area contributed by atoms with Gasteiger partial charge in [-0.25, -0.2) is 4.21 Å². The van der Waals surface area contributed by atoms with E-state index in [9.17, 15) is 4.21 Å². The summed E-state index contributed by atoms with van der Waals surface area (Å²) in [6.07, 6.45) is 3.90. The molecule has 0 amide bonds. The van der Waals surface area contributed by atoms with Crippen LogP contribution in [0.1, 0.15) is 11.3 Å². The summed E-state index contributed by atoms with van der Waals surface area (Å²) < 4.78 is 15.3. The predicted octanol–water partition coefficient (Wildman–Crippen LogP) is 4.52. The van der Waals surface area contributed by atoms with E-state index in [1.165, 1.54) is 5.56 Å². The highest BCUT2D eigenvalue weighted by Gasteiger charge is 2.01. The summed E-state index contributed by atoms with van der Waals surface area (Å²) in [4.78, 5) is 0.822. The third kappa shape index (κ3) is 4.18. The second-order valence-electron chi connectivity index (χ2n) is 4.49. The molecule has 0 bridgehead atoms. The number of aromatic nitrogens is 1. The van der Waals surface area contributed by atoms with E-state index in [4.69, 9.17) is 0 Å².